The lowest BCUT2D eigenvalue weighted by atomic mass is 10.1. The van der Waals surface area contributed by atoms with Gasteiger partial charge in [-0.15, -0.1) is 0 Å². The summed E-state index contributed by atoms with van der Waals surface area (Å²) in [6.45, 7) is 9.30. The van der Waals surface area contributed by atoms with Crippen molar-refractivity contribution in [1.82, 2.24) is 0 Å². The molecule has 0 aliphatic carbocycles. The third-order valence-corrected chi connectivity index (χ3v) is 5.54. The van der Waals surface area contributed by atoms with Crippen LogP contribution in [0.25, 0.3) is 0 Å². The number of anilines is 2. The van der Waals surface area contributed by atoms with Gasteiger partial charge in [0, 0.05) is 5.69 Å². The molecule has 0 unspecified atom stereocenters. The molecule has 1 amide bonds. The lowest BCUT2D eigenvalue weighted by molar-refractivity contribution is -0.914. The van der Waals surface area contributed by atoms with Crippen LogP contribution in [0.4, 0.5) is 20.2 Å². The molecule has 4 nitrogen and oxygen atoms in total. The molecule has 1 heterocycles. The Morgan fingerprint density at radius 1 is 1.07 bits per heavy atom. The van der Waals surface area contributed by atoms with Crippen LogP contribution in [0, 0.1) is 25.5 Å². The highest BCUT2D eigenvalue weighted by Gasteiger charge is 2.30. The Morgan fingerprint density at radius 3 is 2.30 bits per heavy atom. The lowest BCUT2D eigenvalue weighted by Crippen LogP contribution is -3.19. The minimum atomic E-state index is -0.759. The number of quaternary nitrogens is 1. The highest BCUT2D eigenvalue weighted by molar-refractivity contribution is 5.93. The summed E-state index contributed by atoms with van der Waals surface area (Å²) in [5, 5.41) is 2.41. The number of hydrogen-bond donors (Lipinski definition) is 2. The smallest absolute Gasteiger partial charge is 0.282 e. The van der Waals surface area contributed by atoms with E-state index in [1.807, 2.05) is 0 Å². The van der Waals surface area contributed by atoms with E-state index in [0.29, 0.717) is 0 Å². The fourth-order valence-corrected chi connectivity index (χ4v) is 3.58. The highest BCUT2D eigenvalue weighted by atomic mass is 19.1. The van der Waals surface area contributed by atoms with Crippen molar-refractivity contribution in [2.24, 2.45) is 0 Å². The molecule has 1 fully saturated rings. The molecule has 1 aliphatic rings. The molecule has 0 aromatic heterocycles. The molecule has 2 aromatic rings. The Balaban J connectivity index is 1.62. The molecule has 1 atom stereocenters. The van der Waals surface area contributed by atoms with Crippen LogP contribution in [-0.2, 0) is 4.79 Å². The van der Waals surface area contributed by atoms with Crippen molar-refractivity contribution in [2.45, 2.75) is 26.8 Å². The molecule has 2 aromatic carbocycles. The number of carbonyl (C=O) groups is 1. The maximum absolute atomic E-state index is 13.8. The van der Waals surface area contributed by atoms with Crippen molar-refractivity contribution >= 4 is 17.3 Å². The van der Waals surface area contributed by atoms with Gasteiger partial charge in [0.25, 0.3) is 5.91 Å². The molecule has 0 radical (unpaired) electrons. The van der Waals surface area contributed by atoms with E-state index in [4.69, 9.17) is 0 Å². The van der Waals surface area contributed by atoms with Crippen molar-refractivity contribution in [1.29, 1.82) is 0 Å². The van der Waals surface area contributed by atoms with Gasteiger partial charge in [0.2, 0.25) is 0 Å². The number of hydrogen-bond acceptors (Lipinski definition) is 2. The first-order chi connectivity index (χ1) is 12.9. The van der Waals surface area contributed by atoms with E-state index in [2.05, 4.69) is 42.3 Å². The van der Waals surface area contributed by atoms with Crippen molar-refractivity contribution in [2.75, 3.05) is 36.4 Å². The van der Waals surface area contributed by atoms with Gasteiger partial charge in [-0.2, -0.15) is 0 Å². The average Bonchev–Trinajstić information content (AvgIpc) is 2.66. The molecule has 144 valence electrons. The Labute approximate surface area is 158 Å². The highest BCUT2D eigenvalue weighted by Crippen LogP contribution is 2.22. The van der Waals surface area contributed by atoms with Crippen LogP contribution in [0.3, 0.4) is 0 Å². The number of para-hydroxylation sites is 1. The van der Waals surface area contributed by atoms with E-state index < -0.39 is 11.6 Å². The topological polar surface area (TPSA) is 36.8 Å². The Hall–Kier alpha value is -2.47. The number of nitrogens with zero attached hydrogens (tertiary/aromatic N) is 1. The van der Waals surface area contributed by atoms with Crippen LogP contribution in [-0.4, -0.2) is 38.1 Å². The molecule has 3 rings (SSSR count). The molecular weight excluding hydrogens is 348 g/mol. The number of halogens is 2. The SMILES string of the molecule is Cc1cccc(N2CC[NH+]([C@@H](C)C(=O)Nc3c(F)cccc3F)CC2)c1C. The van der Waals surface area contributed by atoms with Crippen LogP contribution in [0.5, 0.6) is 0 Å². The van der Waals surface area contributed by atoms with Gasteiger partial charge in [0.1, 0.15) is 17.3 Å². The third kappa shape index (κ3) is 4.11. The van der Waals surface area contributed by atoms with Gasteiger partial charge in [0.05, 0.1) is 26.2 Å². The van der Waals surface area contributed by atoms with Crippen molar-refractivity contribution in [3.63, 3.8) is 0 Å². The molecule has 27 heavy (non-hydrogen) atoms. The molecule has 0 bridgehead atoms. The molecular formula is C21H26F2N3O+. The number of carbonyl (C=O) groups excluding carboxylic acids is 1. The zero-order chi connectivity index (χ0) is 19.6. The van der Waals surface area contributed by atoms with Gasteiger partial charge in [-0.25, -0.2) is 8.78 Å². The summed E-state index contributed by atoms with van der Waals surface area (Å²) in [5.41, 5.74) is 3.41. The van der Waals surface area contributed by atoms with E-state index >= 15 is 0 Å². The van der Waals surface area contributed by atoms with E-state index in [9.17, 15) is 13.6 Å². The number of aryl methyl sites for hydroxylation is 1. The molecule has 2 N–H and O–H groups in total. The Morgan fingerprint density at radius 2 is 1.67 bits per heavy atom. The standard InChI is InChI=1S/C21H25F2N3O/c1-14-6-4-9-19(15(14)2)26-12-10-25(11-13-26)16(3)21(27)24-20-17(22)7-5-8-18(20)23/h4-9,16H,10-13H2,1-3H3,(H,24,27)/p+1/t16-/m0/s1. The number of benzene rings is 2. The zero-order valence-corrected chi connectivity index (χ0v) is 16.0. The predicted octanol–water partition coefficient (Wildman–Crippen LogP) is 2.31. The lowest BCUT2D eigenvalue weighted by Gasteiger charge is -2.36. The third-order valence-electron chi connectivity index (χ3n) is 5.54. The normalized spacial score (nSPS) is 16.3. The minimum Gasteiger partial charge on any atom is -0.360 e. The van der Waals surface area contributed by atoms with Crippen LogP contribution in [0.1, 0.15) is 18.1 Å². The maximum Gasteiger partial charge on any atom is 0.282 e. The van der Waals surface area contributed by atoms with E-state index in [0.717, 1.165) is 43.2 Å². The molecule has 6 heteroatoms. The second kappa shape index (κ2) is 8.05. The van der Waals surface area contributed by atoms with Gasteiger partial charge < -0.3 is 15.1 Å². The second-order valence-corrected chi connectivity index (χ2v) is 7.17. The average molecular weight is 374 g/mol. The van der Waals surface area contributed by atoms with Gasteiger partial charge in [0.15, 0.2) is 6.04 Å². The minimum absolute atomic E-state index is 0.366. The first-order valence-electron chi connectivity index (χ1n) is 9.29. The van der Waals surface area contributed by atoms with Crippen molar-refractivity contribution in [3.8, 4) is 0 Å². The second-order valence-electron chi connectivity index (χ2n) is 7.17. The Kier molecular flexibility index (Phi) is 5.75. The quantitative estimate of drug-likeness (QED) is 0.862. The van der Waals surface area contributed by atoms with E-state index in [-0.39, 0.29) is 17.6 Å². The largest absolute Gasteiger partial charge is 0.360 e. The first-order valence-corrected chi connectivity index (χ1v) is 9.29. The maximum atomic E-state index is 13.8. The number of amides is 1. The summed E-state index contributed by atoms with van der Waals surface area (Å²) < 4.78 is 27.5. The summed E-state index contributed by atoms with van der Waals surface area (Å²) in [6.07, 6.45) is 0. The van der Waals surface area contributed by atoms with E-state index in [1.54, 1.807) is 6.92 Å². The van der Waals surface area contributed by atoms with Crippen molar-refractivity contribution < 1.29 is 18.5 Å². The first kappa shape index (κ1) is 19.3. The van der Waals surface area contributed by atoms with Gasteiger partial charge in [-0.3, -0.25) is 4.79 Å². The van der Waals surface area contributed by atoms with E-state index in [1.165, 1.54) is 22.9 Å². The fraction of sp³-hybridized carbons (Fsp3) is 0.381. The van der Waals surface area contributed by atoms with Gasteiger partial charge >= 0.3 is 0 Å². The number of rotatable bonds is 4. The van der Waals surface area contributed by atoms with Gasteiger partial charge in [-0.1, -0.05) is 18.2 Å². The predicted molar refractivity (Wildman–Crippen MR) is 103 cm³/mol. The number of nitrogens with one attached hydrogen (secondary N) is 2. The van der Waals surface area contributed by atoms with Crippen LogP contribution < -0.4 is 15.1 Å². The summed E-state index contributed by atoms with van der Waals surface area (Å²) in [5.74, 6) is -1.88. The van der Waals surface area contributed by atoms with Crippen LogP contribution in [0.2, 0.25) is 0 Å². The molecule has 1 saturated heterocycles. The summed E-state index contributed by atoms with van der Waals surface area (Å²) >= 11 is 0. The molecule has 1 aliphatic heterocycles. The molecule has 0 saturated carbocycles. The van der Waals surface area contributed by atoms with Gasteiger partial charge in [-0.05, 0) is 50.1 Å². The Bertz CT molecular complexity index is 812. The zero-order valence-electron chi connectivity index (χ0n) is 16.0. The van der Waals surface area contributed by atoms with Crippen LogP contribution >= 0.6 is 0 Å². The summed E-state index contributed by atoms with van der Waals surface area (Å²) in [6, 6.07) is 9.47. The molecule has 0 spiro atoms. The van der Waals surface area contributed by atoms with Crippen LogP contribution in [0.15, 0.2) is 36.4 Å². The number of piperazine rings is 1. The summed E-state index contributed by atoms with van der Waals surface area (Å²) in [7, 11) is 0. The fourth-order valence-electron chi connectivity index (χ4n) is 3.58. The monoisotopic (exact) mass is 374 g/mol. The summed E-state index contributed by atoms with van der Waals surface area (Å²) in [4.78, 5) is 15.9. The van der Waals surface area contributed by atoms with Crippen molar-refractivity contribution in [3.05, 3.63) is 59.2 Å².